The van der Waals surface area contributed by atoms with Gasteiger partial charge in [0.25, 0.3) is 0 Å². The predicted molar refractivity (Wildman–Crippen MR) is 66.6 cm³/mol. The lowest BCUT2D eigenvalue weighted by molar-refractivity contribution is -0.0136. The second-order valence-corrected chi connectivity index (χ2v) is 5.88. The first-order valence-electron chi connectivity index (χ1n) is 5.61. The van der Waals surface area contributed by atoms with Crippen LogP contribution in [0.25, 0.3) is 0 Å². The molecule has 0 bridgehead atoms. The molecule has 16 heavy (non-hydrogen) atoms. The van der Waals surface area contributed by atoms with E-state index in [1.807, 2.05) is 12.3 Å². The minimum absolute atomic E-state index is 0.00463. The fourth-order valence-corrected chi connectivity index (χ4v) is 2.67. The fourth-order valence-electron chi connectivity index (χ4n) is 1.47. The molecule has 3 nitrogen and oxygen atoms in total. The topological polar surface area (TPSA) is 42.4 Å². The molecule has 0 saturated carbocycles. The van der Waals surface area contributed by atoms with Crippen molar-refractivity contribution < 1.29 is 9.84 Å². The van der Waals surface area contributed by atoms with Gasteiger partial charge < -0.3 is 9.84 Å². The quantitative estimate of drug-likeness (QED) is 0.882. The van der Waals surface area contributed by atoms with Crippen LogP contribution in [0.15, 0.2) is 5.38 Å². The SMILES string of the molecule is CCOC(c1nc(C(C)O)cs1)C(C)(C)C. The molecule has 92 valence electrons. The Labute approximate surface area is 101 Å². The van der Waals surface area contributed by atoms with Crippen LogP contribution >= 0.6 is 11.3 Å². The molecule has 0 fully saturated rings. The highest BCUT2D eigenvalue weighted by Gasteiger charge is 2.29. The van der Waals surface area contributed by atoms with Crippen molar-refractivity contribution >= 4 is 11.3 Å². The maximum Gasteiger partial charge on any atom is 0.122 e. The Morgan fingerprint density at radius 3 is 2.50 bits per heavy atom. The first kappa shape index (κ1) is 13.6. The van der Waals surface area contributed by atoms with E-state index in [4.69, 9.17) is 4.74 Å². The van der Waals surface area contributed by atoms with E-state index in [1.54, 1.807) is 18.3 Å². The van der Waals surface area contributed by atoms with Crippen molar-refractivity contribution in [1.29, 1.82) is 0 Å². The number of aliphatic hydroxyl groups excluding tert-OH is 1. The highest BCUT2D eigenvalue weighted by atomic mass is 32.1. The Morgan fingerprint density at radius 1 is 1.50 bits per heavy atom. The summed E-state index contributed by atoms with van der Waals surface area (Å²) in [6.07, 6.45) is -0.512. The summed E-state index contributed by atoms with van der Waals surface area (Å²) in [5.74, 6) is 0. The van der Waals surface area contributed by atoms with Crippen molar-refractivity contribution in [2.75, 3.05) is 6.61 Å². The summed E-state index contributed by atoms with van der Waals surface area (Å²) in [6.45, 7) is 10.8. The van der Waals surface area contributed by atoms with Gasteiger partial charge in [-0.05, 0) is 19.3 Å². The van der Waals surface area contributed by atoms with Crippen LogP contribution in [-0.2, 0) is 4.74 Å². The number of aromatic nitrogens is 1. The van der Waals surface area contributed by atoms with Crippen LogP contribution in [-0.4, -0.2) is 16.7 Å². The monoisotopic (exact) mass is 243 g/mol. The molecule has 1 aromatic heterocycles. The van der Waals surface area contributed by atoms with Crippen LogP contribution in [0.3, 0.4) is 0 Å². The Bertz CT molecular complexity index is 328. The van der Waals surface area contributed by atoms with E-state index >= 15 is 0 Å². The lowest BCUT2D eigenvalue weighted by Crippen LogP contribution is -2.21. The Morgan fingerprint density at radius 2 is 2.12 bits per heavy atom. The number of hydrogen-bond acceptors (Lipinski definition) is 4. The third-order valence-electron chi connectivity index (χ3n) is 2.31. The normalized spacial score (nSPS) is 16.1. The molecular weight excluding hydrogens is 222 g/mol. The summed E-state index contributed by atoms with van der Waals surface area (Å²) < 4.78 is 5.75. The van der Waals surface area contributed by atoms with Gasteiger partial charge in [-0.3, -0.25) is 0 Å². The van der Waals surface area contributed by atoms with Crippen molar-refractivity contribution in [2.45, 2.75) is 46.8 Å². The minimum atomic E-state index is -0.507. The third-order valence-corrected chi connectivity index (χ3v) is 3.22. The molecule has 0 saturated heterocycles. The zero-order valence-electron chi connectivity index (χ0n) is 10.7. The summed E-state index contributed by atoms with van der Waals surface area (Å²) in [6, 6.07) is 0. The molecule has 2 atom stereocenters. The van der Waals surface area contributed by atoms with Crippen molar-refractivity contribution in [3.05, 3.63) is 16.1 Å². The van der Waals surface area contributed by atoms with Crippen LogP contribution in [0, 0.1) is 5.41 Å². The van der Waals surface area contributed by atoms with E-state index in [0.717, 1.165) is 10.7 Å². The maximum absolute atomic E-state index is 9.45. The minimum Gasteiger partial charge on any atom is -0.387 e. The van der Waals surface area contributed by atoms with Crippen LogP contribution in [0.5, 0.6) is 0 Å². The molecule has 1 aromatic rings. The van der Waals surface area contributed by atoms with Crippen LogP contribution in [0.2, 0.25) is 0 Å². The maximum atomic E-state index is 9.45. The van der Waals surface area contributed by atoms with Crippen molar-refractivity contribution in [3.63, 3.8) is 0 Å². The van der Waals surface area contributed by atoms with Gasteiger partial charge in [-0.2, -0.15) is 0 Å². The van der Waals surface area contributed by atoms with E-state index in [1.165, 1.54) is 0 Å². The zero-order chi connectivity index (χ0) is 12.3. The largest absolute Gasteiger partial charge is 0.387 e. The molecule has 1 N–H and O–H groups in total. The van der Waals surface area contributed by atoms with Crippen LogP contribution < -0.4 is 0 Å². The van der Waals surface area contributed by atoms with E-state index in [-0.39, 0.29) is 11.5 Å². The average molecular weight is 243 g/mol. The number of nitrogens with zero attached hydrogens (tertiary/aromatic N) is 1. The van der Waals surface area contributed by atoms with Gasteiger partial charge in [-0.25, -0.2) is 4.98 Å². The second kappa shape index (κ2) is 5.25. The molecule has 0 radical (unpaired) electrons. The molecule has 1 rings (SSSR count). The first-order chi connectivity index (χ1) is 7.36. The standard InChI is InChI=1S/C12H21NO2S/c1-6-15-10(12(3,4)5)11-13-9(7-16-11)8(2)14/h7-8,10,14H,6H2,1-5H3. The molecule has 0 aliphatic carbocycles. The van der Waals surface area contributed by atoms with Gasteiger partial charge in [0.15, 0.2) is 0 Å². The van der Waals surface area contributed by atoms with Gasteiger partial charge in [0, 0.05) is 12.0 Å². The summed E-state index contributed by atoms with van der Waals surface area (Å²) >= 11 is 1.56. The number of thiazole rings is 1. The lowest BCUT2D eigenvalue weighted by Gasteiger charge is -2.28. The number of ether oxygens (including phenoxy) is 1. The van der Waals surface area contributed by atoms with Crippen molar-refractivity contribution in [1.82, 2.24) is 4.98 Å². The third kappa shape index (κ3) is 3.27. The van der Waals surface area contributed by atoms with Gasteiger partial charge >= 0.3 is 0 Å². The lowest BCUT2D eigenvalue weighted by atomic mass is 9.89. The Kier molecular flexibility index (Phi) is 4.47. The summed E-state index contributed by atoms with van der Waals surface area (Å²) in [4.78, 5) is 4.44. The smallest absolute Gasteiger partial charge is 0.122 e. The Balaban J connectivity index is 2.93. The van der Waals surface area contributed by atoms with E-state index in [0.29, 0.717) is 6.61 Å². The van der Waals surface area contributed by atoms with E-state index < -0.39 is 6.10 Å². The molecule has 0 aliphatic rings. The summed E-state index contributed by atoms with van der Waals surface area (Å²) in [7, 11) is 0. The van der Waals surface area contributed by atoms with E-state index in [9.17, 15) is 5.11 Å². The molecule has 0 aliphatic heterocycles. The predicted octanol–water partition coefficient (Wildman–Crippen LogP) is 3.32. The zero-order valence-corrected chi connectivity index (χ0v) is 11.5. The van der Waals surface area contributed by atoms with Crippen LogP contribution in [0.1, 0.15) is 57.5 Å². The molecule has 0 spiro atoms. The average Bonchev–Trinajstić information content (AvgIpc) is 2.60. The molecule has 1 heterocycles. The molecule has 0 aromatic carbocycles. The van der Waals surface area contributed by atoms with E-state index in [2.05, 4.69) is 25.8 Å². The molecule has 2 unspecified atom stereocenters. The van der Waals surface area contributed by atoms with Gasteiger partial charge in [0.05, 0.1) is 11.8 Å². The first-order valence-corrected chi connectivity index (χ1v) is 6.49. The highest BCUT2D eigenvalue weighted by Crippen LogP contribution is 2.37. The molecular formula is C12H21NO2S. The molecule has 4 heteroatoms. The highest BCUT2D eigenvalue weighted by molar-refractivity contribution is 7.09. The number of aliphatic hydroxyl groups is 1. The van der Waals surface area contributed by atoms with Gasteiger partial charge in [-0.15, -0.1) is 11.3 Å². The summed E-state index contributed by atoms with van der Waals surface area (Å²) in [5.41, 5.74) is 0.748. The van der Waals surface area contributed by atoms with Crippen LogP contribution in [0.4, 0.5) is 0 Å². The fraction of sp³-hybridized carbons (Fsp3) is 0.750. The van der Waals surface area contributed by atoms with Crippen molar-refractivity contribution in [3.8, 4) is 0 Å². The number of hydrogen-bond donors (Lipinski definition) is 1. The van der Waals surface area contributed by atoms with Gasteiger partial charge in [0.2, 0.25) is 0 Å². The van der Waals surface area contributed by atoms with Gasteiger partial charge in [-0.1, -0.05) is 20.8 Å². The van der Waals surface area contributed by atoms with Gasteiger partial charge in [0.1, 0.15) is 11.1 Å². The Hall–Kier alpha value is -0.450. The number of rotatable bonds is 4. The molecule has 0 amide bonds. The second-order valence-electron chi connectivity index (χ2n) is 4.99. The summed E-state index contributed by atoms with van der Waals surface area (Å²) in [5, 5.41) is 12.3. The van der Waals surface area contributed by atoms with Crippen molar-refractivity contribution in [2.24, 2.45) is 5.41 Å².